The van der Waals surface area contributed by atoms with Gasteiger partial charge >= 0.3 is 0 Å². The predicted molar refractivity (Wildman–Crippen MR) is 89.2 cm³/mol. The van der Waals surface area contributed by atoms with Crippen molar-refractivity contribution in [1.82, 2.24) is 14.9 Å². The summed E-state index contributed by atoms with van der Waals surface area (Å²) >= 11 is 1.66. The predicted octanol–water partition coefficient (Wildman–Crippen LogP) is 2.41. The molecule has 2 aromatic heterocycles. The summed E-state index contributed by atoms with van der Waals surface area (Å²) in [4.78, 5) is 11.1. The topological polar surface area (TPSA) is 50.3 Å². The van der Waals surface area contributed by atoms with Gasteiger partial charge in [-0.05, 0) is 30.5 Å². The van der Waals surface area contributed by atoms with Crippen molar-refractivity contribution in [3.63, 3.8) is 0 Å². The van der Waals surface area contributed by atoms with Crippen LogP contribution >= 0.6 is 11.3 Å². The third-order valence-electron chi connectivity index (χ3n) is 3.93. The first-order valence-corrected chi connectivity index (χ1v) is 8.61. The standard InChI is InChI=1S/C16H22N4OS/c1-17-16-8-13(4-5-18-16)2-3-15-10-20(6-7-21-15)9-14-11-22-12-19-14/h4-5,8,11-12,15H,2-3,6-7,9-10H2,1H3,(H,17,18)/t15-/m1/s1. The van der Waals surface area contributed by atoms with Gasteiger partial charge < -0.3 is 10.1 Å². The van der Waals surface area contributed by atoms with Crippen LogP contribution in [0.5, 0.6) is 0 Å². The largest absolute Gasteiger partial charge is 0.376 e. The molecule has 1 atom stereocenters. The fraction of sp³-hybridized carbons (Fsp3) is 0.500. The van der Waals surface area contributed by atoms with Crippen LogP contribution in [0.15, 0.2) is 29.2 Å². The van der Waals surface area contributed by atoms with E-state index in [9.17, 15) is 0 Å². The molecule has 0 aromatic carbocycles. The average molecular weight is 318 g/mol. The summed E-state index contributed by atoms with van der Waals surface area (Å²) in [6.07, 6.45) is 4.23. The van der Waals surface area contributed by atoms with Gasteiger partial charge in [-0.15, -0.1) is 11.3 Å². The number of nitrogens with zero attached hydrogens (tertiary/aromatic N) is 3. The molecule has 1 fully saturated rings. The Balaban J connectivity index is 1.49. The fourth-order valence-corrected chi connectivity index (χ4v) is 3.29. The second-order valence-electron chi connectivity index (χ2n) is 5.55. The van der Waals surface area contributed by atoms with Crippen LogP contribution in [-0.2, 0) is 17.7 Å². The van der Waals surface area contributed by atoms with Crippen molar-refractivity contribution in [3.05, 3.63) is 40.5 Å². The molecule has 0 spiro atoms. The van der Waals surface area contributed by atoms with Crippen LogP contribution in [0.4, 0.5) is 5.82 Å². The van der Waals surface area contributed by atoms with E-state index in [0.29, 0.717) is 6.10 Å². The Kier molecular flexibility index (Phi) is 5.37. The zero-order chi connectivity index (χ0) is 15.2. The number of ether oxygens (including phenoxy) is 1. The van der Waals surface area contributed by atoms with Crippen LogP contribution < -0.4 is 5.32 Å². The number of hydrogen-bond donors (Lipinski definition) is 1. The number of thiazole rings is 1. The molecule has 0 unspecified atom stereocenters. The molecule has 0 radical (unpaired) electrons. The maximum Gasteiger partial charge on any atom is 0.125 e. The lowest BCUT2D eigenvalue weighted by molar-refractivity contribution is -0.0348. The summed E-state index contributed by atoms with van der Waals surface area (Å²) < 4.78 is 5.91. The number of hydrogen-bond acceptors (Lipinski definition) is 6. The van der Waals surface area contributed by atoms with Gasteiger partial charge in [0, 0.05) is 38.3 Å². The summed E-state index contributed by atoms with van der Waals surface area (Å²) in [6.45, 7) is 3.73. The molecule has 0 bridgehead atoms. The van der Waals surface area contributed by atoms with Gasteiger partial charge in [0.15, 0.2) is 0 Å². The molecule has 1 aliphatic rings. The smallest absolute Gasteiger partial charge is 0.125 e. The molecule has 1 aliphatic heterocycles. The van der Waals surface area contributed by atoms with Gasteiger partial charge in [0.2, 0.25) is 0 Å². The molecule has 3 heterocycles. The van der Waals surface area contributed by atoms with E-state index in [1.807, 2.05) is 18.8 Å². The van der Waals surface area contributed by atoms with Gasteiger partial charge in [0.25, 0.3) is 0 Å². The fourth-order valence-electron chi connectivity index (χ4n) is 2.74. The Hall–Kier alpha value is -1.50. The second-order valence-corrected chi connectivity index (χ2v) is 6.26. The molecule has 0 amide bonds. The number of pyridine rings is 1. The minimum absolute atomic E-state index is 0.304. The second kappa shape index (κ2) is 7.67. The number of rotatable bonds is 6. The van der Waals surface area contributed by atoms with E-state index in [1.54, 1.807) is 11.3 Å². The normalized spacial score (nSPS) is 19.2. The SMILES string of the molecule is CNc1cc(CC[C@@H]2CN(Cc3cscn3)CCO2)ccn1. The third kappa shape index (κ3) is 4.25. The van der Waals surface area contributed by atoms with E-state index < -0.39 is 0 Å². The lowest BCUT2D eigenvalue weighted by Crippen LogP contribution is -2.42. The highest BCUT2D eigenvalue weighted by molar-refractivity contribution is 7.07. The van der Waals surface area contributed by atoms with Crippen molar-refractivity contribution in [2.45, 2.75) is 25.5 Å². The Morgan fingerprint density at radius 3 is 3.23 bits per heavy atom. The van der Waals surface area contributed by atoms with Gasteiger partial charge in [-0.1, -0.05) is 0 Å². The van der Waals surface area contributed by atoms with Crippen LogP contribution in [0.3, 0.4) is 0 Å². The van der Waals surface area contributed by atoms with Crippen LogP contribution in [-0.4, -0.2) is 47.7 Å². The Labute approximate surface area is 135 Å². The molecule has 0 saturated carbocycles. The number of morpholine rings is 1. The third-order valence-corrected chi connectivity index (χ3v) is 4.56. The van der Waals surface area contributed by atoms with Gasteiger partial charge in [0.1, 0.15) is 5.82 Å². The maximum atomic E-state index is 5.91. The first kappa shape index (κ1) is 15.4. The van der Waals surface area contributed by atoms with E-state index in [4.69, 9.17) is 4.74 Å². The number of nitrogens with one attached hydrogen (secondary N) is 1. The molecule has 118 valence electrons. The molecule has 6 heteroatoms. The minimum Gasteiger partial charge on any atom is -0.376 e. The van der Waals surface area contributed by atoms with Crippen molar-refractivity contribution in [2.24, 2.45) is 0 Å². The molecule has 5 nitrogen and oxygen atoms in total. The highest BCUT2D eigenvalue weighted by Gasteiger charge is 2.20. The van der Waals surface area contributed by atoms with Crippen molar-refractivity contribution in [1.29, 1.82) is 0 Å². The first-order valence-electron chi connectivity index (χ1n) is 7.67. The van der Waals surface area contributed by atoms with Gasteiger partial charge in [-0.3, -0.25) is 4.90 Å². The summed E-state index contributed by atoms with van der Waals surface area (Å²) in [5.74, 6) is 0.923. The molecular formula is C16H22N4OS. The molecule has 0 aliphatic carbocycles. The summed E-state index contributed by atoms with van der Waals surface area (Å²) in [7, 11) is 1.90. The van der Waals surface area contributed by atoms with E-state index in [-0.39, 0.29) is 0 Å². The zero-order valence-electron chi connectivity index (χ0n) is 12.9. The lowest BCUT2D eigenvalue weighted by Gasteiger charge is -2.32. The van der Waals surface area contributed by atoms with Crippen molar-refractivity contribution in [2.75, 3.05) is 32.1 Å². The highest BCUT2D eigenvalue weighted by Crippen LogP contribution is 2.16. The van der Waals surface area contributed by atoms with Crippen molar-refractivity contribution < 1.29 is 4.74 Å². The van der Waals surface area contributed by atoms with Crippen LogP contribution in [0.1, 0.15) is 17.7 Å². The molecule has 3 rings (SSSR count). The quantitative estimate of drug-likeness (QED) is 0.886. The Morgan fingerprint density at radius 2 is 2.41 bits per heavy atom. The van der Waals surface area contributed by atoms with Crippen LogP contribution in [0, 0.1) is 0 Å². The van der Waals surface area contributed by atoms with E-state index in [1.165, 1.54) is 11.3 Å². The van der Waals surface area contributed by atoms with Crippen molar-refractivity contribution >= 4 is 17.2 Å². The molecule has 1 saturated heterocycles. The zero-order valence-corrected chi connectivity index (χ0v) is 13.7. The maximum absolute atomic E-state index is 5.91. The first-order chi connectivity index (χ1) is 10.8. The van der Waals surface area contributed by atoms with Gasteiger partial charge in [0.05, 0.1) is 23.9 Å². The molecule has 22 heavy (non-hydrogen) atoms. The van der Waals surface area contributed by atoms with E-state index in [2.05, 4.69) is 37.7 Å². The van der Waals surface area contributed by atoms with Crippen molar-refractivity contribution in [3.8, 4) is 0 Å². The van der Waals surface area contributed by atoms with E-state index in [0.717, 1.165) is 44.9 Å². The van der Waals surface area contributed by atoms with E-state index >= 15 is 0 Å². The molecular weight excluding hydrogens is 296 g/mol. The summed E-state index contributed by atoms with van der Waals surface area (Å²) in [5.41, 5.74) is 4.37. The lowest BCUT2D eigenvalue weighted by atomic mass is 10.1. The Morgan fingerprint density at radius 1 is 1.45 bits per heavy atom. The summed E-state index contributed by atoms with van der Waals surface area (Å²) in [5, 5.41) is 5.21. The minimum atomic E-state index is 0.304. The average Bonchev–Trinajstić information content (AvgIpc) is 3.06. The number of aromatic nitrogens is 2. The van der Waals surface area contributed by atoms with Gasteiger partial charge in [-0.25, -0.2) is 9.97 Å². The Bertz CT molecular complexity index is 575. The number of anilines is 1. The molecule has 1 N–H and O–H groups in total. The highest BCUT2D eigenvalue weighted by atomic mass is 32.1. The van der Waals surface area contributed by atoms with Gasteiger partial charge in [-0.2, -0.15) is 0 Å². The van der Waals surface area contributed by atoms with Crippen LogP contribution in [0.2, 0.25) is 0 Å². The molecule has 2 aromatic rings. The number of aryl methyl sites for hydroxylation is 1. The van der Waals surface area contributed by atoms with Crippen LogP contribution in [0.25, 0.3) is 0 Å². The monoisotopic (exact) mass is 318 g/mol. The summed E-state index contributed by atoms with van der Waals surface area (Å²) in [6, 6.07) is 4.19.